The van der Waals surface area contributed by atoms with Crippen molar-refractivity contribution < 1.29 is 42.7 Å². The van der Waals surface area contributed by atoms with Crippen LogP contribution in [0.2, 0.25) is 0 Å². The van der Waals surface area contributed by atoms with Crippen molar-refractivity contribution in [3.05, 3.63) is 47.5 Å². The molecule has 0 spiro atoms. The van der Waals surface area contributed by atoms with Gasteiger partial charge in [0.15, 0.2) is 0 Å². The average Bonchev–Trinajstić information content (AvgIpc) is 2.82. The molecule has 0 radical (unpaired) electrons. The number of ether oxygens (including phenoxy) is 7. The molecule has 9 nitrogen and oxygen atoms in total. The molecular weight excluding hydrogens is 456 g/mol. The molecule has 4 atom stereocenters. The molecule has 4 unspecified atom stereocenters. The van der Waals surface area contributed by atoms with Gasteiger partial charge < -0.3 is 33.2 Å². The summed E-state index contributed by atoms with van der Waals surface area (Å²) in [6.07, 6.45) is 0. The van der Waals surface area contributed by atoms with E-state index in [2.05, 4.69) is 0 Å². The second kappa shape index (κ2) is 9.49. The van der Waals surface area contributed by atoms with Crippen LogP contribution < -0.4 is 18.9 Å². The van der Waals surface area contributed by atoms with Crippen molar-refractivity contribution in [2.45, 2.75) is 11.8 Å². The Bertz CT molecular complexity index is 1040. The molecule has 8 rings (SSSR count). The zero-order valence-electron chi connectivity index (χ0n) is 19.1. The van der Waals surface area contributed by atoms with E-state index in [-0.39, 0.29) is 11.8 Å². The highest BCUT2D eigenvalue weighted by molar-refractivity contribution is 5.92. The Balaban J connectivity index is 1.30. The van der Waals surface area contributed by atoms with Crippen LogP contribution in [0.15, 0.2) is 36.4 Å². The van der Waals surface area contributed by atoms with Crippen LogP contribution in [0.5, 0.6) is 23.0 Å². The van der Waals surface area contributed by atoms with Gasteiger partial charge in [-0.05, 0) is 23.3 Å². The topological polar surface area (TPSA) is 98.8 Å². The summed E-state index contributed by atoms with van der Waals surface area (Å²) in [6, 6.07) is 11.0. The number of hydrogen-bond acceptors (Lipinski definition) is 9. The van der Waals surface area contributed by atoms with E-state index in [0.717, 1.165) is 11.1 Å². The van der Waals surface area contributed by atoms with Crippen LogP contribution in [0.3, 0.4) is 0 Å². The van der Waals surface area contributed by atoms with Crippen LogP contribution in [0.4, 0.5) is 0 Å². The lowest BCUT2D eigenvalue weighted by Crippen LogP contribution is -2.57. The smallest absolute Gasteiger partial charge is 0.315 e. The molecule has 35 heavy (non-hydrogen) atoms. The van der Waals surface area contributed by atoms with E-state index in [1.165, 1.54) is 0 Å². The molecule has 1 saturated carbocycles. The molecular formula is C26H26O9. The molecule has 184 valence electrons. The molecule has 2 aromatic carbocycles. The molecule has 0 aromatic heterocycles. The van der Waals surface area contributed by atoms with Gasteiger partial charge in [0.05, 0.1) is 51.5 Å². The Kier molecular flexibility index (Phi) is 6.05. The van der Waals surface area contributed by atoms with Gasteiger partial charge in [-0.1, -0.05) is 12.1 Å². The Morgan fingerprint density at radius 3 is 1.34 bits per heavy atom. The van der Waals surface area contributed by atoms with Crippen molar-refractivity contribution in [3.8, 4) is 23.0 Å². The predicted molar refractivity (Wildman–Crippen MR) is 120 cm³/mol. The number of benzene rings is 2. The largest absolute Gasteiger partial charge is 0.491 e. The fourth-order valence-electron chi connectivity index (χ4n) is 5.38. The van der Waals surface area contributed by atoms with Gasteiger partial charge in [0.2, 0.25) is 0 Å². The summed E-state index contributed by atoms with van der Waals surface area (Å²) in [4.78, 5) is 25.7. The van der Waals surface area contributed by atoms with Crippen LogP contribution >= 0.6 is 0 Å². The summed E-state index contributed by atoms with van der Waals surface area (Å²) in [5.74, 6) is -0.135. The molecule has 9 heteroatoms. The molecule has 1 fully saturated rings. The van der Waals surface area contributed by atoms with Crippen molar-refractivity contribution >= 4 is 11.9 Å². The first-order chi connectivity index (χ1) is 17.2. The predicted octanol–water partition coefficient (Wildman–Crippen LogP) is 2.46. The van der Waals surface area contributed by atoms with Crippen LogP contribution in [-0.2, 0) is 23.8 Å². The van der Waals surface area contributed by atoms with E-state index in [1.54, 1.807) is 12.1 Å². The van der Waals surface area contributed by atoms with Crippen LogP contribution in [0.1, 0.15) is 23.0 Å². The van der Waals surface area contributed by atoms with Crippen molar-refractivity contribution in [2.24, 2.45) is 11.8 Å². The highest BCUT2D eigenvalue weighted by atomic mass is 16.6. The van der Waals surface area contributed by atoms with E-state index in [4.69, 9.17) is 33.2 Å². The Labute approximate surface area is 202 Å². The zero-order chi connectivity index (χ0) is 23.8. The summed E-state index contributed by atoms with van der Waals surface area (Å²) >= 11 is 0. The normalized spacial score (nSPS) is 28.3. The van der Waals surface area contributed by atoms with E-state index in [9.17, 15) is 9.59 Å². The monoisotopic (exact) mass is 482 g/mol. The molecule has 1 aliphatic carbocycles. The van der Waals surface area contributed by atoms with Crippen molar-refractivity contribution in [3.63, 3.8) is 0 Å². The quantitative estimate of drug-likeness (QED) is 0.414. The number of carbonyl (C=O) groups excluding carboxylic acids is 2. The molecule has 2 aromatic rings. The zero-order valence-corrected chi connectivity index (χ0v) is 19.1. The van der Waals surface area contributed by atoms with Crippen molar-refractivity contribution in [2.75, 3.05) is 52.9 Å². The second-order valence-electron chi connectivity index (χ2n) is 8.88. The van der Waals surface area contributed by atoms with Gasteiger partial charge in [0, 0.05) is 24.0 Å². The third kappa shape index (κ3) is 4.13. The Morgan fingerprint density at radius 2 is 0.914 bits per heavy atom. The van der Waals surface area contributed by atoms with Gasteiger partial charge in [-0.15, -0.1) is 0 Å². The van der Waals surface area contributed by atoms with Crippen LogP contribution in [-0.4, -0.2) is 64.8 Å². The van der Waals surface area contributed by atoms with Crippen LogP contribution in [0, 0.1) is 11.8 Å². The molecule has 0 amide bonds. The molecule has 5 heterocycles. The van der Waals surface area contributed by atoms with E-state index in [1.807, 2.05) is 24.3 Å². The average molecular weight is 482 g/mol. The maximum absolute atomic E-state index is 12.9. The highest BCUT2D eigenvalue weighted by Gasteiger charge is 2.64. The molecule has 6 aliphatic rings. The van der Waals surface area contributed by atoms with E-state index in [0.29, 0.717) is 75.9 Å². The first-order valence-corrected chi connectivity index (χ1v) is 11.9. The standard InChI is InChI=1S/C26H26O9/c27-25-23-21-17-3-1-15(13-19(17)34-25)32-11-9-30-7-5-29-6-8-31-10-12-33-16-2-4-18-20(14-16)35-26(28)24(23)22(18)21/h1-4,13-14,21-24H,5-12H2. The minimum Gasteiger partial charge on any atom is -0.491 e. The maximum Gasteiger partial charge on any atom is 0.315 e. The SMILES string of the molecule is O=C1Oc2cc3ccc2C2C1C1C(=O)Oc4cc(ccc4C12)OCCOCCOCCOCCO3. The Morgan fingerprint density at radius 1 is 0.514 bits per heavy atom. The summed E-state index contributed by atoms with van der Waals surface area (Å²) in [5.41, 5.74) is 1.79. The maximum atomic E-state index is 12.9. The highest BCUT2D eigenvalue weighted by Crippen LogP contribution is 2.65. The van der Waals surface area contributed by atoms with Gasteiger partial charge in [0.1, 0.15) is 36.2 Å². The summed E-state index contributed by atoms with van der Waals surface area (Å²) in [6.45, 7) is 3.37. The van der Waals surface area contributed by atoms with Crippen molar-refractivity contribution in [1.82, 2.24) is 0 Å². The minimum absolute atomic E-state index is 0.165. The van der Waals surface area contributed by atoms with Gasteiger partial charge in [-0.25, -0.2) is 0 Å². The van der Waals surface area contributed by atoms with Gasteiger partial charge >= 0.3 is 11.9 Å². The number of hydrogen-bond donors (Lipinski definition) is 0. The summed E-state index contributed by atoms with van der Waals surface area (Å²) < 4.78 is 39.4. The fourth-order valence-corrected chi connectivity index (χ4v) is 5.38. The third-order valence-corrected chi connectivity index (χ3v) is 6.94. The molecule has 5 aliphatic heterocycles. The number of fused-ring (bicyclic) bond motifs is 1. The Hall–Kier alpha value is -3.14. The van der Waals surface area contributed by atoms with E-state index >= 15 is 0 Å². The number of esters is 2. The van der Waals surface area contributed by atoms with E-state index < -0.39 is 23.8 Å². The number of rotatable bonds is 0. The lowest BCUT2D eigenvalue weighted by Gasteiger charge is -2.53. The summed E-state index contributed by atoms with van der Waals surface area (Å²) in [7, 11) is 0. The number of carbonyl (C=O) groups is 2. The molecule has 8 bridgehead atoms. The van der Waals surface area contributed by atoms with Gasteiger partial charge in [-0.2, -0.15) is 0 Å². The second-order valence-corrected chi connectivity index (χ2v) is 8.88. The van der Waals surface area contributed by atoms with Crippen molar-refractivity contribution in [1.29, 1.82) is 0 Å². The lowest BCUT2D eigenvalue weighted by molar-refractivity contribution is -0.165. The van der Waals surface area contributed by atoms with Gasteiger partial charge in [-0.3, -0.25) is 9.59 Å². The minimum atomic E-state index is -0.557. The first-order valence-electron chi connectivity index (χ1n) is 11.9. The van der Waals surface area contributed by atoms with Gasteiger partial charge in [0.25, 0.3) is 0 Å². The third-order valence-electron chi connectivity index (χ3n) is 6.94. The lowest BCUT2D eigenvalue weighted by atomic mass is 9.51. The molecule has 0 saturated heterocycles. The fraction of sp³-hybridized carbons (Fsp3) is 0.462. The molecule has 0 N–H and O–H groups in total. The first kappa shape index (κ1) is 22.3. The van der Waals surface area contributed by atoms with Crippen LogP contribution in [0.25, 0.3) is 0 Å². The summed E-state index contributed by atoms with van der Waals surface area (Å²) in [5, 5.41) is 0.